The van der Waals surface area contributed by atoms with Gasteiger partial charge in [-0.05, 0) is 36.2 Å². The Morgan fingerprint density at radius 1 is 1.14 bits per heavy atom. The molecule has 12 heteroatoms. The molecule has 188 valence electrons. The van der Waals surface area contributed by atoms with Gasteiger partial charge in [0, 0.05) is 33.5 Å². The van der Waals surface area contributed by atoms with Crippen LogP contribution >= 0.6 is 23.4 Å². The number of benzene rings is 2. The van der Waals surface area contributed by atoms with Gasteiger partial charge in [0.15, 0.2) is 11.4 Å². The molecule has 1 N–H and O–H groups in total. The highest BCUT2D eigenvalue weighted by atomic mass is 35.5. The van der Waals surface area contributed by atoms with Gasteiger partial charge in [0.25, 0.3) is 5.91 Å². The van der Waals surface area contributed by atoms with E-state index in [0.29, 0.717) is 31.5 Å². The van der Waals surface area contributed by atoms with Crippen molar-refractivity contribution in [2.75, 3.05) is 11.7 Å². The van der Waals surface area contributed by atoms with Gasteiger partial charge in [-0.1, -0.05) is 29.8 Å². The third-order valence-electron chi connectivity index (χ3n) is 6.42. The highest BCUT2D eigenvalue weighted by Gasteiger charge is 2.47. The van der Waals surface area contributed by atoms with E-state index in [1.165, 1.54) is 39.8 Å². The second-order valence-electron chi connectivity index (χ2n) is 8.48. The molecule has 2 aromatic carbocycles. The average molecular weight is 540 g/mol. The van der Waals surface area contributed by atoms with Gasteiger partial charge in [-0.2, -0.15) is 13.2 Å². The van der Waals surface area contributed by atoms with Gasteiger partial charge >= 0.3 is 6.18 Å². The molecule has 1 amide bonds. The Morgan fingerprint density at radius 2 is 1.89 bits per heavy atom. The van der Waals surface area contributed by atoms with E-state index in [0.717, 1.165) is 13.0 Å². The molecular weight excluding hydrogens is 522 g/mol. The minimum absolute atomic E-state index is 0.240. The SMILES string of the molecule is C[C@@H](N1CN(C2c3ccc(Cl)cc3SCc3c(F)cccc32)n2ccc(=O)c(O)c2C1=O)C(F)(F)F. The molecule has 2 aliphatic heterocycles. The number of alkyl halides is 3. The number of aromatic nitrogens is 1. The van der Waals surface area contributed by atoms with E-state index in [1.807, 2.05) is 0 Å². The first-order valence-electron chi connectivity index (χ1n) is 10.8. The number of amides is 1. The zero-order valence-electron chi connectivity index (χ0n) is 18.6. The molecule has 0 bridgehead atoms. The van der Waals surface area contributed by atoms with Crippen molar-refractivity contribution in [2.24, 2.45) is 0 Å². The zero-order chi connectivity index (χ0) is 25.9. The summed E-state index contributed by atoms with van der Waals surface area (Å²) in [5.41, 5.74) is -0.0752. The van der Waals surface area contributed by atoms with E-state index in [-0.39, 0.29) is 5.75 Å². The molecule has 0 fully saturated rings. The zero-order valence-corrected chi connectivity index (χ0v) is 20.2. The number of fused-ring (bicyclic) bond motifs is 3. The summed E-state index contributed by atoms with van der Waals surface area (Å²) in [5.74, 6) is -2.36. The van der Waals surface area contributed by atoms with E-state index in [4.69, 9.17) is 11.6 Å². The standard InChI is InChI=1S/C24H18ClF4N3O3S/c1-12(24(27,28)29)30-11-32(31-8-7-18(33)22(34)21(31)23(30)35)20-14-3-2-4-17(26)16(14)10-36-19-9-13(25)5-6-15(19)20/h2-9,12,20,34H,10-11H2,1H3/t12-,20?/m1/s1. The number of rotatable bonds is 2. The van der Waals surface area contributed by atoms with Crippen LogP contribution in [0.5, 0.6) is 5.75 Å². The summed E-state index contributed by atoms with van der Waals surface area (Å²) in [7, 11) is 0. The van der Waals surface area contributed by atoms with Crippen molar-refractivity contribution in [3.63, 3.8) is 0 Å². The molecule has 0 saturated carbocycles. The van der Waals surface area contributed by atoms with E-state index >= 15 is 0 Å². The van der Waals surface area contributed by atoms with Crippen LogP contribution in [0.3, 0.4) is 0 Å². The van der Waals surface area contributed by atoms with Crippen molar-refractivity contribution >= 4 is 29.3 Å². The van der Waals surface area contributed by atoms with Crippen molar-refractivity contribution < 1.29 is 27.5 Å². The maximum Gasteiger partial charge on any atom is 0.408 e. The third-order valence-corrected chi connectivity index (χ3v) is 7.76. The number of aromatic hydroxyl groups is 1. The van der Waals surface area contributed by atoms with Crippen LogP contribution in [0.1, 0.15) is 40.1 Å². The molecule has 5 rings (SSSR count). The summed E-state index contributed by atoms with van der Waals surface area (Å²) in [5, 5.41) is 12.3. The number of hydrogen-bond acceptors (Lipinski definition) is 5. The maximum atomic E-state index is 15.0. The number of thioether (sulfide) groups is 1. The van der Waals surface area contributed by atoms with Gasteiger partial charge in [-0.3, -0.25) is 19.3 Å². The van der Waals surface area contributed by atoms with Crippen molar-refractivity contribution in [3.05, 3.63) is 92.1 Å². The van der Waals surface area contributed by atoms with E-state index in [9.17, 15) is 32.3 Å². The van der Waals surface area contributed by atoms with Crippen molar-refractivity contribution in [3.8, 4) is 5.75 Å². The van der Waals surface area contributed by atoms with Crippen molar-refractivity contribution in [1.29, 1.82) is 0 Å². The molecule has 0 saturated heterocycles. The Hall–Kier alpha value is -3.18. The lowest BCUT2D eigenvalue weighted by Crippen LogP contribution is -2.60. The molecule has 0 spiro atoms. The van der Waals surface area contributed by atoms with Crippen LogP contribution in [-0.4, -0.2) is 39.5 Å². The summed E-state index contributed by atoms with van der Waals surface area (Å²) in [6, 6.07) is 7.38. The summed E-state index contributed by atoms with van der Waals surface area (Å²) < 4.78 is 57.4. The number of pyridine rings is 1. The molecular formula is C24H18ClF4N3O3S. The summed E-state index contributed by atoms with van der Waals surface area (Å²) >= 11 is 7.53. The van der Waals surface area contributed by atoms with E-state index in [1.54, 1.807) is 24.3 Å². The fourth-order valence-electron chi connectivity index (χ4n) is 4.52. The number of carbonyl (C=O) groups excluding carboxylic acids is 1. The fourth-order valence-corrected chi connectivity index (χ4v) is 5.92. The first-order valence-corrected chi connectivity index (χ1v) is 12.1. The molecule has 1 unspecified atom stereocenters. The van der Waals surface area contributed by atoms with E-state index < -0.39 is 53.5 Å². The first-order chi connectivity index (χ1) is 17.0. The minimum atomic E-state index is -4.77. The Labute approximate surface area is 211 Å². The van der Waals surface area contributed by atoms with Gasteiger partial charge in [0.05, 0.1) is 6.04 Å². The Morgan fingerprint density at radius 3 is 2.61 bits per heavy atom. The monoisotopic (exact) mass is 539 g/mol. The lowest BCUT2D eigenvalue weighted by Gasteiger charge is -2.46. The quantitative estimate of drug-likeness (QED) is 0.462. The van der Waals surface area contributed by atoms with Crippen LogP contribution < -0.4 is 10.4 Å². The highest BCUT2D eigenvalue weighted by molar-refractivity contribution is 7.98. The predicted octanol–water partition coefficient (Wildman–Crippen LogP) is 5.04. The molecule has 2 atom stereocenters. The van der Waals surface area contributed by atoms with Gasteiger partial charge in [-0.15, -0.1) is 11.8 Å². The van der Waals surface area contributed by atoms with Crippen LogP contribution in [0, 0.1) is 5.82 Å². The molecule has 0 aliphatic carbocycles. The van der Waals surface area contributed by atoms with Gasteiger partial charge in [0.1, 0.15) is 18.5 Å². The first kappa shape index (κ1) is 24.5. The van der Waals surface area contributed by atoms with E-state index in [2.05, 4.69) is 0 Å². The molecule has 1 aromatic heterocycles. The minimum Gasteiger partial charge on any atom is -0.502 e. The molecule has 0 radical (unpaired) electrons. The van der Waals surface area contributed by atoms with Crippen molar-refractivity contribution in [2.45, 2.75) is 35.8 Å². The molecule has 3 heterocycles. The lowest BCUT2D eigenvalue weighted by atomic mass is 9.94. The van der Waals surface area contributed by atoms with Crippen LogP contribution in [0.15, 0.2) is 58.4 Å². The normalized spacial score (nSPS) is 18.3. The van der Waals surface area contributed by atoms with Crippen LogP contribution in [0.2, 0.25) is 5.02 Å². The van der Waals surface area contributed by atoms with Crippen molar-refractivity contribution in [1.82, 2.24) is 9.58 Å². The lowest BCUT2D eigenvalue weighted by molar-refractivity contribution is -0.173. The second kappa shape index (κ2) is 8.74. The number of hydrogen-bond donors (Lipinski definition) is 1. The predicted molar refractivity (Wildman–Crippen MR) is 126 cm³/mol. The van der Waals surface area contributed by atoms with Crippen LogP contribution in [0.4, 0.5) is 17.6 Å². The van der Waals surface area contributed by atoms with Crippen LogP contribution in [0.25, 0.3) is 0 Å². The molecule has 3 aromatic rings. The van der Waals surface area contributed by atoms with Crippen LogP contribution in [-0.2, 0) is 5.75 Å². The molecule has 2 aliphatic rings. The number of nitrogens with zero attached hydrogens (tertiary/aromatic N) is 3. The second-order valence-corrected chi connectivity index (χ2v) is 9.93. The maximum absolute atomic E-state index is 15.0. The van der Waals surface area contributed by atoms with Gasteiger partial charge in [0.2, 0.25) is 5.43 Å². The van der Waals surface area contributed by atoms with Gasteiger partial charge < -0.3 is 10.0 Å². The fraction of sp³-hybridized carbons (Fsp3) is 0.250. The summed E-state index contributed by atoms with van der Waals surface area (Å²) in [6.45, 7) is 0.274. The largest absolute Gasteiger partial charge is 0.502 e. The number of halogens is 5. The number of carbonyl (C=O) groups is 1. The van der Waals surface area contributed by atoms with Gasteiger partial charge in [-0.25, -0.2) is 4.39 Å². The summed E-state index contributed by atoms with van der Waals surface area (Å²) in [6.07, 6.45) is -3.56. The Bertz CT molecular complexity index is 1450. The Kier molecular flexibility index (Phi) is 5.95. The highest BCUT2D eigenvalue weighted by Crippen LogP contribution is 2.44. The topological polar surface area (TPSA) is 65.8 Å². The smallest absolute Gasteiger partial charge is 0.408 e. The summed E-state index contributed by atoms with van der Waals surface area (Å²) in [4.78, 5) is 26.6. The average Bonchev–Trinajstić information content (AvgIpc) is 2.98. The molecule has 36 heavy (non-hydrogen) atoms. The molecule has 6 nitrogen and oxygen atoms in total. The third kappa shape index (κ3) is 3.90. The Balaban J connectivity index is 1.80.